The van der Waals surface area contributed by atoms with Crippen LogP contribution in [-0.2, 0) is 16.1 Å². The number of rotatable bonds is 3. The molecule has 1 aliphatic rings. The SMILES string of the molecule is O=C(OCc1ccccc1)N1CC(F)(F)C(F)(C(=O)O)C1. The Morgan fingerprint density at radius 1 is 1.19 bits per heavy atom. The van der Waals surface area contributed by atoms with Gasteiger partial charge in [-0.1, -0.05) is 30.3 Å². The van der Waals surface area contributed by atoms with Crippen molar-refractivity contribution in [2.24, 2.45) is 0 Å². The van der Waals surface area contributed by atoms with Gasteiger partial charge in [0, 0.05) is 0 Å². The van der Waals surface area contributed by atoms with Gasteiger partial charge in [0.2, 0.25) is 0 Å². The summed E-state index contributed by atoms with van der Waals surface area (Å²) in [5.41, 5.74) is -3.17. The fraction of sp³-hybridized carbons (Fsp3) is 0.385. The molecule has 1 saturated heterocycles. The molecule has 1 heterocycles. The van der Waals surface area contributed by atoms with E-state index < -0.39 is 36.7 Å². The zero-order chi connectivity index (χ0) is 15.7. The molecule has 2 rings (SSSR count). The van der Waals surface area contributed by atoms with Gasteiger partial charge in [-0.2, -0.15) is 0 Å². The average Bonchev–Trinajstić information content (AvgIpc) is 2.69. The van der Waals surface area contributed by atoms with Crippen LogP contribution in [0.2, 0.25) is 0 Å². The number of hydrogen-bond donors (Lipinski definition) is 1. The highest BCUT2D eigenvalue weighted by molar-refractivity contribution is 5.82. The maximum atomic E-state index is 13.8. The summed E-state index contributed by atoms with van der Waals surface area (Å²) in [4.78, 5) is 22.6. The number of nitrogens with zero attached hydrogens (tertiary/aromatic N) is 1. The molecule has 1 amide bonds. The van der Waals surface area contributed by atoms with Crippen LogP contribution < -0.4 is 0 Å². The number of likely N-dealkylation sites (tertiary alicyclic amines) is 1. The van der Waals surface area contributed by atoms with Crippen molar-refractivity contribution in [1.29, 1.82) is 0 Å². The number of halogens is 3. The Kier molecular flexibility index (Phi) is 3.80. The number of carboxylic acids is 1. The molecule has 8 heteroatoms. The van der Waals surface area contributed by atoms with Crippen LogP contribution in [0.1, 0.15) is 5.56 Å². The number of amides is 1. The van der Waals surface area contributed by atoms with Crippen LogP contribution in [-0.4, -0.2) is 46.7 Å². The van der Waals surface area contributed by atoms with Crippen molar-refractivity contribution in [3.8, 4) is 0 Å². The number of ether oxygens (including phenoxy) is 1. The van der Waals surface area contributed by atoms with Crippen molar-refractivity contribution in [2.75, 3.05) is 13.1 Å². The largest absolute Gasteiger partial charge is 0.479 e. The Morgan fingerprint density at radius 2 is 1.81 bits per heavy atom. The van der Waals surface area contributed by atoms with E-state index in [0.29, 0.717) is 10.5 Å². The van der Waals surface area contributed by atoms with E-state index in [1.54, 1.807) is 30.3 Å². The lowest BCUT2D eigenvalue weighted by atomic mass is 10.0. The maximum absolute atomic E-state index is 13.8. The molecule has 1 aromatic rings. The number of carbonyl (C=O) groups excluding carboxylic acids is 1. The van der Waals surface area contributed by atoms with Crippen LogP contribution in [0.4, 0.5) is 18.0 Å². The summed E-state index contributed by atoms with van der Waals surface area (Å²) in [6.45, 7) is -2.75. The summed E-state index contributed by atoms with van der Waals surface area (Å²) in [7, 11) is 0. The van der Waals surface area contributed by atoms with Gasteiger partial charge in [-0.15, -0.1) is 0 Å². The molecule has 1 aliphatic heterocycles. The number of carboxylic acid groups (broad SMARTS) is 1. The van der Waals surface area contributed by atoms with E-state index in [2.05, 4.69) is 0 Å². The molecule has 0 saturated carbocycles. The monoisotopic (exact) mass is 303 g/mol. The van der Waals surface area contributed by atoms with Gasteiger partial charge in [-0.25, -0.2) is 22.8 Å². The van der Waals surface area contributed by atoms with Gasteiger partial charge in [0.15, 0.2) is 0 Å². The highest BCUT2D eigenvalue weighted by Crippen LogP contribution is 2.40. The normalized spacial score (nSPS) is 23.9. The summed E-state index contributed by atoms with van der Waals surface area (Å²) in [6, 6.07) is 8.45. The van der Waals surface area contributed by atoms with E-state index in [-0.39, 0.29) is 6.61 Å². The zero-order valence-electron chi connectivity index (χ0n) is 10.8. The second-order valence-corrected chi connectivity index (χ2v) is 4.71. The summed E-state index contributed by atoms with van der Waals surface area (Å²) in [5.74, 6) is -6.46. The topological polar surface area (TPSA) is 66.8 Å². The highest BCUT2D eigenvalue weighted by atomic mass is 19.3. The highest BCUT2D eigenvalue weighted by Gasteiger charge is 2.68. The minimum absolute atomic E-state index is 0.173. The number of aliphatic carboxylic acids is 1. The molecule has 0 bridgehead atoms. The van der Waals surface area contributed by atoms with Crippen LogP contribution in [0.25, 0.3) is 0 Å². The van der Waals surface area contributed by atoms with Gasteiger partial charge in [0.25, 0.3) is 5.67 Å². The molecule has 0 spiro atoms. The Labute approximate surface area is 117 Å². The minimum atomic E-state index is -4.16. The van der Waals surface area contributed by atoms with E-state index in [1.807, 2.05) is 0 Å². The first-order chi connectivity index (χ1) is 9.76. The second-order valence-electron chi connectivity index (χ2n) is 4.71. The van der Waals surface area contributed by atoms with Crippen LogP contribution in [0.5, 0.6) is 0 Å². The molecule has 1 fully saturated rings. The lowest BCUT2D eigenvalue weighted by Gasteiger charge is -2.19. The summed E-state index contributed by atoms with van der Waals surface area (Å²) in [6.07, 6.45) is -1.18. The third kappa shape index (κ3) is 2.79. The molecule has 5 nitrogen and oxygen atoms in total. The van der Waals surface area contributed by atoms with Gasteiger partial charge in [-0.3, -0.25) is 4.90 Å². The third-order valence-electron chi connectivity index (χ3n) is 3.18. The first-order valence-electron chi connectivity index (χ1n) is 6.02. The molecular weight excluding hydrogens is 291 g/mol. The smallest absolute Gasteiger partial charge is 0.410 e. The Morgan fingerprint density at radius 3 is 2.33 bits per heavy atom. The summed E-state index contributed by atoms with van der Waals surface area (Å²) >= 11 is 0. The van der Waals surface area contributed by atoms with Gasteiger partial charge in [0.05, 0.1) is 13.1 Å². The van der Waals surface area contributed by atoms with E-state index in [1.165, 1.54) is 0 Å². The first-order valence-corrected chi connectivity index (χ1v) is 6.02. The van der Waals surface area contributed by atoms with E-state index in [9.17, 15) is 22.8 Å². The lowest BCUT2D eigenvalue weighted by Crippen LogP contribution is -2.49. The molecule has 1 N–H and O–H groups in total. The lowest BCUT2D eigenvalue weighted by molar-refractivity contribution is -0.172. The predicted molar refractivity (Wildman–Crippen MR) is 64.6 cm³/mol. The average molecular weight is 303 g/mol. The van der Waals surface area contributed by atoms with Crippen molar-refractivity contribution >= 4 is 12.1 Å². The van der Waals surface area contributed by atoms with Gasteiger partial charge >= 0.3 is 18.0 Å². The number of hydrogen-bond acceptors (Lipinski definition) is 3. The number of carbonyl (C=O) groups is 2. The molecule has 0 aliphatic carbocycles. The van der Waals surface area contributed by atoms with E-state index in [4.69, 9.17) is 9.84 Å². The summed E-state index contributed by atoms with van der Waals surface area (Å²) in [5, 5.41) is 8.58. The molecular formula is C13H12F3NO4. The molecule has 1 atom stereocenters. The predicted octanol–water partition coefficient (Wildman–Crippen LogP) is 2.07. The van der Waals surface area contributed by atoms with Crippen LogP contribution in [0, 0.1) is 0 Å². The molecule has 114 valence electrons. The Balaban J connectivity index is 2.00. The van der Waals surface area contributed by atoms with Crippen molar-refractivity contribution < 1.29 is 32.6 Å². The minimum Gasteiger partial charge on any atom is -0.479 e. The first kappa shape index (κ1) is 15.1. The van der Waals surface area contributed by atoms with Gasteiger partial charge in [-0.05, 0) is 5.56 Å². The van der Waals surface area contributed by atoms with Crippen molar-refractivity contribution in [3.63, 3.8) is 0 Å². The Hall–Kier alpha value is -2.25. The number of alkyl halides is 3. The standard InChI is InChI=1S/C13H12F3NO4/c14-12(10(18)19)7-17(8-13(12,15)16)11(20)21-6-9-4-2-1-3-5-9/h1-5H,6-8H2,(H,18,19). The third-order valence-corrected chi connectivity index (χ3v) is 3.18. The molecule has 21 heavy (non-hydrogen) atoms. The van der Waals surface area contributed by atoms with Crippen molar-refractivity contribution in [2.45, 2.75) is 18.2 Å². The van der Waals surface area contributed by atoms with Gasteiger partial charge < -0.3 is 9.84 Å². The van der Waals surface area contributed by atoms with Gasteiger partial charge in [0.1, 0.15) is 6.61 Å². The van der Waals surface area contributed by atoms with Crippen LogP contribution >= 0.6 is 0 Å². The number of benzene rings is 1. The quantitative estimate of drug-likeness (QED) is 0.928. The Bertz CT molecular complexity index is 552. The molecule has 0 aromatic heterocycles. The van der Waals surface area contributed by atoms with Crippen LogP contribution in [0.15, 0.2) is 30.3 Å². The maximum Gasteiger partial charge on any atom is 0.410 e. The molecule has 1 unspecified atom stereocenters. The van der Waals surface area contributed by atoms with E-state index >= 15 is 0 Å². The van der Waals surface area contributed by atoms with E-state index in [0.717, 1.165) is 0 Å². The zero-order valence-corrected chi connectivity index (χ0v) is 10.8. The van der Waals surface area contributed by atoms with Crippen LogP contribution in [0.3, 0.4) is 0 Å². The summed E-state index contributed by atoms with van der Waals surface area (Å²) < 4.78 is 45.4. The van der Waals surface area contributed by atoms with Crippen molar-refractivity contribution in [3.05, 3.63) is 35.9 Å². The second kappa shape index (κ2) is 5.27. The fourth-order valence-corrected chi connectivity index (χ4v) is 1.96. The van der Waals surface area contributed by atoms with Crippen molar-refractivity contribution in [1.82, 2.24) is 4.90 Å². The molecule has 1 aromatic carbocycles. The molecule has 0 radical (unpaired) electrons. The fourth-order valence-electron chi connectivity index (χ4n) is 1.96.